The predicted octanol–water partition coefficient (Wildman–Crippen LogP) is 0.950. The van der Waals surface area contributed by atoms with Gasteiger partial charge in [-0.1, -0.05) is 0 Å². The highest BCUT2D eigenvalue weighted by molar-refractivity contribution is 5.35. The monoisotopic (exact) mass is 194 g/mol. The Labute approximate surface area is 81.8 Å². The Bertz CT molecular complexity index is 356. The molecule has 0 heterocycles. The Morgan fingerprint density at radius 2 is 2.36 bits per heavy atom. The molecule has 1 aromatic rings. The lowest BCUT2D eigenvalue weighted by atomic mass is 10.0. The maximum Gasteiger partial charge on any atom is 0.128 e. The number of halogens is 1. The molecule has 0 aliphatic heterocycles. The highest BCUT2D eigenvalue weighted by atomic mass is 19.1. The van der Waals surface area contributed by atoms with Gasteiger partial charge in [0.05, 0.1) is 24.3 Å². The van der Waals surface area contributed by atoms with E-state index in [0.29, 0.717) is 11.1 Å². The summed E-state index contributed by atoms with van der Waals surface area (Å²) in [6.45, 7) is -0.206. The Balaban J connectivity index is 3.12. The molecule has 14 heavy (non-hydrogen) atoms. The van der Waals surface area contributed by atoms with Crippen LogP contribution in [0.2, 0.25) is 0 Å². The van der Waals surface area contributed by atoms with E-state index in [1.54, 1.807) is 7.05 Å². The molecule has 1 aromatic carbocycles. The van der Waals surface area contributed by atoms with Crippen molar-refractivity contribution in [3.63, 3.8) is 0 Å². The highest BCUT2D eigenvalue weighted by Gasteiger charge is 2.13. The fraction of sp³-hybridized carbons (Fsp3) is 0.300. The van der Waals surface area contributed by atoms with Gasteiger partial charge in [-0.05, 0) is 25.2 Å². The van der Waals surface area contributed by atoms with Crippen LogP contribution in [0.1, 0.15) is 17.2 Å². The predicted molar refractivity (Wildman–Crippen MR) is 50.0 cm³/mol. The number of hydrogen-bond acceptors (Lipinski definition) is 3. The number of nitrogens with zero attached hydrogens (tertiary/aromatic N) is 1. The molecule has 0 aromatic heterocycles. The zero-order valence-electron chi connectivity index (χ0n) is 7.79. The quantitative estimate of drug-likeness (QED) is 0.753. The highest BCUT2D eigenvalue weighted by Crippen LogP contribution is 2.17. The summed E-state index contributed by atoms with van der Waals surface area (Å²) < 4.78 is 13.3. The third-order valence-electron chi connectivity index (χ3n) is 2.03. The van der Waals surface area contributed by atoms with E-state index in [-0.39, 0.29) is 6.61 Å². The SMILES string of the molecule is CN[C@H](CO)c1cc(C#N)ccc1F. The molecule has 1 rings (SSSR count). The van der Waals surface area contributed by atoms with Gasteiger partial charge in [0.1, 0.15) is 5.82 Å². The summed E-state index contributed by atoms with van der Waals surface area (Å²) in [5, 5.41) is 20.3. The van der Waals surface area contributed by atoms with Crippen LogP contribution in [0.15, 0.2) is 18.2 Å². The van der Waals surface area contributed by atoms with E-state index in [1.807, 2.05) is 6.07 Å². The van der Waals surface area contributed by atoms with Crippen molar-refractivity contribution in [1.29, 1.82) is 5.26 Å². The molecule has 0 saturated carbocycles. The molecule has 4 heteroatoms. The van der Waals surface area contributed by atoms with E-state index in [9.17, 15) is 4.39 Å². The van der Waals surface area contributed by atoms with Crippen LogP contribution in [0.3, 0.4) is 0 Å². The maximum atomic E-state index is 13.3. The molecule has 0 radical (unpaired) electrons. The van der Waals surface area contributed by atoms with Crippen molar-refractivity contribution >= 4 is 0 Å². The lowest BCUT2D eigenvalue weighted by Gasteiger charge is -2.14. The first-order valence-electron chi connectivity index (χ1n) is 4.20. The average Bonchev–Trinajstić information content (AvgIpc) is 2.22. The summed E-state index contributed by atoms with van der Waals surface area (Å²) in [7, 11) is 1.62. The summed E-state index contributed by atoms with van der Waals surface area (Å²) in [6.07, 6.45) is 0. The fourth-order valence-electron chi connectivity index (χ4n) is 1.23. The van der Waals surface area contributed by atoms with Crippen LogP contribution in [-0.2, 0) is 0 Å². The summed E-state index contributed by atoms with van der Waals surface area (Å²) >= 11 is 0. The maximum absolute atomic E-state index is 13.3. The molecule has 0 fully saturated rings. The second-order valence-corrected chi connectivity index (χ2v) is 2.87. The molecule has 3 nitrogen and oxygen atoms in total. The molecule has 74 valence electrons. The van der Waals surface area contributed by atoms with Crippen molar-refractivity contribution in [2.24, 2.45) is 0 Å². The molecule has 0 spiro atoms. The second-order valence-electron chi connectivity index (χ2n) is 2.87. The van der Waals surface area contributed by atoms with Gasteiger partial charge in [0.25, 0.3) is 0 Å². The molecule has 0 amide bonds. The normalized spacial score (nSPS) is 12.1. The molecule has 0 aliphatic rings. The van der Waals surface area contributed by atoms with Crippen molar-refractivity contribution in [1.82, 2.24) is 5.32 Å². The van der Waals surface area contributed by atoms with Crippen LogP contribution in [0, 0.1) is 17.1 Å². The van der Waals surface area contributed by atoms with Crippen molar-refractivity contribution in [2.75, 3.05) is 13.7 Å². The van der Waals surface area contributed by atoms with Crippen molar-refractivity contribution in [2.45, 2.75) is 6.04 Å². The lowest BCUT2D eigenvalue weighted by molar-refractivity contribution is 0.248. The molecule has 0 bridgehead atoms. The summed E-state index contributed by atoms with van der Waals surface area (Å²) in [4.78, 5) is 0. The molecule has 0 aliphatic carbocycles. The van der Waals surface area contributed by atoms with Gasteiger partial charge in [-0.25, -0.2) is 4.39 Å². The first-order valence-corrected chi connectivity index (χ1v) is 4.20. The van der Waals surface area contributed by atoms with Crippen LogP contribution in [0.25, 0.3) is 0 Å². The molecule has 1 atom stereocenters. The van der Waals surface area contributed by atoms with E-state index in [0.717, 1.165) is 0 Å². The van der Waals surface area contributed by atoms with Gasteiger partial charge in [-0.3, -0.25) is 0 Å². The van der Waals surface area contributed by atoms with Gasteiger partial charge in [0.2, 0.25) is 0 Å². The standard InChI is InChI=1S/C10H11FN2O/c1-13-10(6-14)8-4-7(5-12)2-3-9(8)11/h2-4,10,13-14H,6H2,1H3/t10-/m1/s1. The topological polar surface area (TPSA) is 56.0 Å². The van der Waals surface area contributed by atoms with Crippen molar-refractivity contribution in [3.05, 3.63) is 35.1 Å². The van der Waals surface area contributed by atoms with Gasteiger partial charge in [0, 0.05) is 5.56 Å². The average molecular weight is 194 g/mol. The number of aliphatic hydroxyl groups excluding tert-OH is 1. The van der Waals surface area contributed by atoms with Gasteiger partial charge in [-0.2, -0.15) is 5.26 Å². The van der Waals surface area contributed by atoms with Crippen molar-refractivity contribution in [3.8, 4) is 6.07 Å². The number of rotatable bonds is 3. The third kappa shape index (κ3) is 2.08. The fourth-order valence-corrected chi connectivity index (χ4v) is 1.23. The minimum absolute atomic E-state index is 0.206. The van der Waals surface area contributed by atoms with E-state index in [4.69, 9.17) is 10.4 Å². The number of benzene rings is 1. The Morgan fingerprint density at radius 3 is 2.86 bits per heavy atom. The van der Waals surface area contributed by atoms with Crippen molar-refractivity contribution < 1.29 is 9.50 Å². The number of hydrogen-bond donors (Lipinski definition) is 2. The summed E-state index contributed by atoms with van der Waals surface area (Å²) in [5.74, 6) is -0.419. The molecule has 2 N–H and O–H groups in total. The molecular formula is C10H11FN2O. The first kappa shape index (κ1) is 10.6. The minimum Gasteiger partial charge on any atom is -0.394 e. The van der Waals surface area contributed by atoms with E-state index in [1.165, 1.54) is 18.2 Å². The Kier molecular flexibility index (Phi) is 3.57. The van der Waals surface area contributed by atoms with Crippen LogP contribution >= 0.6 is 0 Å². The zero-order valence-corrected chi connectivity index (χ0v) is 7.79. The summed E-state index contributed by atoms with van der Waals surface area (Å²) in [5.41, 5.74) is 0.698. The molecule has 0 saturated heterocycles. The minimum atomic E-state index is -0.469. The smallest absolute Gasteiger partial charge is 0.128 e. The van der Waals surface area contributed by atoms with Gasteiger partial charge >= 0.3 is 0 Å². The van der Waals surface area contributed by atoms with E-state index < -0.39 is 11.9 Å². The zero-order chi connectivity index (χ0) is 10.6. The van der Waals surface area contributed by atoms with Gasteiger partial charge in [-0.15, -0.1) is 0 Å². The van der Waals surface area contributed by atoms with Crippen LogP contribution in [0.4, 0.5) is 4.39 Å². The Hall–Kier alpha value is -1.44. The Morgan fingerprint density at radius 1 is 1.64 bits per heavy atom. The van der Waals surface area contributed by atoms with Crippen LogP contribution in [0.5, 0.6) is 0 Å². The largest absolute Gasteiger partial charge is 0.394 e. The first-order chi connectivity index (χ1) is 6.72. The van der Waals surface area contributed by atoms with E-state index >= 15 is 0 Å². The number of likely N-dealkylation sites (N-methyl/N-ethyl adjacent to an activating group) is 1. The summed E-state index contributed by atoms with van der Waals surface area (Å²) in [6, 6.07) is 5.53. The number of nitrogens with one attached hydrogen (secondary N) is 1. The van der Waals surface area contributed by atoms with Crippen LogP contribution < -0.4 is 5.32 Å². The lowest BCUT2D eigenvalue weighted by Crippen LogP contribution is -2.21. The number of nitriles is 1. The molecular weight excluding hydrogens is 183 g/mol. The van der Waals surface area contributed by atoms with Gasteiger partial charge < -0.3 is 10.4 Å². The number of aliphatic hydroxyl groups is 1. The second kappa shape index (κ2) is 4.70. The van der Waals surface area contributed by atoms with Gasteiger partial charge in [0.15, 0.2) is 0 Å². The van der Waals surface area contributed by atoms with Crippen LogP contribution in [-0.4, -0.2) is 18.8 Å². The molecule has 0 unspecified atom stereocenters. The van der Waals surface area contributed by atoms with E-state index in [2.05, 4.69) is 5.32 Å². The third-order valence-corrected chi connectivity index (χ3v) is 2.03.